The van der Waals surface area contributed by atoms with Crippen molar-refractivity contribution in [2.75, 3.05) is 19.5 Å². The molecule has 0 aromatic heterocycles. The van der Waals surface area contributed by atoms with Crippen molar-refractivity contribution >= 4 is 18.3 Å². The quantitative estimate of drug-likeness (QED) is 0.483. The lowest BCUT2D eigenvalue weighted by Crippen LogP contribution is -2.10. The third kappa shape index (κ3) is 3.81. The Morgan fingerprint density at radius 1 is 1.47 bits per heavy atom. The van der Waals surface area contributed by atoms with Crippen LogP contribution >= 0.6 is 12.6 Å². The highest BCUT2D eigenvalue weighted by Gasteiger charge is 2.12. The normalized spacial score (nSPS) is 11.9. The van der Waals surface area contributed by atoms with E-state index in [-0.39, 0.29) is 5.69 Å². The zero-order chi connectivity index (χ0) is 12.8. The minimum Gasteiger partial charge on any atom is -0.493 e. The fourth-order valence-electron chi connectivity index (χ4n) is 1.17. The Hall–Kier alpha value is -1.43. The van der Waals surface area contributed by atoms with Crippen molar-refractivity contribution in [3.63, 3.8) is 0 Å². The summed E-state index contributed by atoms with van der Waals surface area (Å²) in [5, 5.41) is 10.6. The van der Waals surface area contributed by atoms with E-state index in [0.717, 1.165) is 5.75 Å². The Morgan fingerprint density at radius 3 is 2.71 bits per heavy atom. The number of nitro benzene ring substituents is 1. The first kappa shape index (κ1) is 13.6. The SMILES string of the molecule is COc1cc([N+](=O)[O-])ccc1OCC(C)CS. The molecule has 1 aromatic carbocycles. The van der Waals surface area contributed by atoms with Gasteiger partial charge in [-0.3, -0.25) is 10.1 Å². The molecule has 0 spiro atoms. The Bertz CT molecular complexity index is 397. The summed E-state index contributed by atoms with van der Waals surface area (Å²) in [5.41, 5.74) is -0.0172. The van der Waals surface area contributed by atoms with Gasteiger partial charge in [-0.2, -0.15) is 12.6 Å². The molecular weight excluding hydrogens is 242 g/mol. The highest BCUT2D eigenvalue weighted by atomic mass is 32.1. The molecule has 17 heavy (non-hydrogen) atoms. The molecule has 0 aliphatic carbocycles. The van der Waals surface area contributed by atoms with Gasteiger partial charge in [0.2, 0.25) is 0 Å². The maximum Gasteiger partial charge on any atom is 0.273 e. The summed E-state index contributed by atoms with van der Waals surface area (Å²) >= 11 is 4.15. The maximum atomic E-state index is 10.6. The van der Waals surface area contributed by atoms with Crippen LogP contribution in [0.1, 0.15) is 6.92 Å². The van der Waals surface area contributed by atoms with Crippen LogP contribution in [0.4, 0.5) is 5.69 Å². The molecule has 0 fully saturated rings. The molecule has 6 heteroatoms. The van der Waals surface area contributed by atoms with Crippen LogP contribution in [0.25, 0.3) is 0 Å². The Labute approximate surface area is 105 Å². The van der Waals surface area contributed by atoms with Gasteiger partial charge in [0, 0.05) is 6.07 Å². The second-order valence-corrected chi connectivity index (χ2v) is 4.06. The molecule has 0 amide bonds. The molecule has 94 valence electrons. The lowest BCUT2D eigenvalue weighted by molar-refractivity contribution is -0.384. The summed E-state index contributed by atoms with van der Waals surface area (Å²) in [5.74, 6) is 1.89. The fourth-order valence-corrected chi connectivity index (χ4v) is 1.28. The molecule has 5 nitrogen and oxygen atoms in total. The Kier molecular flexibility index (Phi) is 5.09. The van der Waals surface area contributed by atoms with Crippen molar-refractivity contribution < 1.29 is 14.4 Å². The number of benzene rings is 1. The summed E-state index contributed by atoms with van der Waals surface area (Å²) in [6.07, 6.45) is 0. The van der Waals surface area contributed by atoms with Crippen LogP contribution < -0.4 is 9.47 Å². The first-order valence-electron chi connectivity index (χ1n) is 5.14. The van der Waals surface area contributed by atoms with Crippen molar-refractivity contribution in [2.45, 2.75) is 6.92 Å². The number of non-ortho nitro benzene ring substituents is 1. The highest BCUT2D eigenvalue weighted by molar-refractivity contribution is 7.80. The zero-order valence-corrected chi connectivity index (χ0v) is 10.6. The third-order valence-electron chi connectivity index (χ3n) is 2.19. The Balaban J connectivity index is 2.82. The van der Waals surface area contributed by atoms with Crippen molar-refractivity contribution in [3.05, 3.63) is 28.3 Å². The van der Waals surface area contributed by atoms with Gasteiger partial charge in [0.25, 0.3) is 5.69 Å². The van der Waals surface area contributed by atoms with Crippen LogP contribution in [0.3, 0.4) is 0 Å². The number of nitrogens with zero attached hydrogens (tertiary/aromatic N) is 1. The number of ether oxygens (including phenoxy) is 2. The van der Waals surface area contributed by atoms with Crippen LogP contribution in [0.15, 0.2) is 18.2 Å². The fraction of sp³-hybridized carbons (Fsp3) is 0.455. The van der Waals surface area contributed by atoms with Crippen molar-refractivity contribution in [3.8, 4) is 11.5 Å². The van der Waals surface area contributed by atoms with Gasteiger partial charge in [-0.1, -0.05) is 6.92 Å². The smallest absolute Gasteiger partial charge is 0.273 e. The van der Waals surface area contributed by atoms with Gasteiger partial charge in [0.05, 0.1) is 24.7 Å². The van der Waals surface area contributed by atoms with E-state index in [1.54, 1.807) is 6.07 Å². The average molecular weight is 257 g/mol. The van der Waals surface area contributed by atoms with Gasteiger partial charge in [-0.15, -0.1) is 0 Å². The van der Waals surface area contributed by atoms with Crippen LogP contribution in [0.5, 0.6) is 11.5 Å². The standard InChI is InChI=1S/C11H15NO4S/c1-8(7-17)6-16-10-4-3-9(12(13)14)5-11(10)15-2/h3-5,8,17H,6-7H2,1-2H3. The lowest BCUT2D eigenvalue weighted by Gasteiger charge is -2.13. The molecular formula is C11H15NO4S. The minimum absolute atomic E-state index is 0.0172. The number of nitro groups is 1. The summed E-state index contributed by atoms with van der Waals surface area (Å²) in [6.45, 7) is 2.50. The van der Waals surface area contributed by atoms with E-state index in [1.165, 1.54) is 19.2 Å². The zero-order valence-electron chi connectivity index (χ0n) is 9.75. The topological polar surface area (TPSA) is 61.6 Å². The predicted molar refractivity (Wildman–Crippen MR) is 68.2 cm³/mol. The van der Waals surface area contributed by atoms with Gasteiger partial charge in [0.15, 0.2) is 11.5 Å². The van der Waals surface area contributed by atoms with Gasteiger partial charge < -0.3 is 9.47 Å². The summed E-state index contributed by atoms with van der Waals surface area (Å²) in [7, 11) is 1.45. The monoisotopic (exact) mass is 257 g/mol. The van der Waals surface area contributed by atoms with Crippen LogP contribution in [-0.2, 0) is 0 Å². The number of rotatable bonds is 6. The second-order valence-electron chi connectivity index (χ2n) is 3.69. The summed E-state index contributed by atoms with van der Waals surface area (Å²) in [4.78, 5) is 10.1. The summed E-state index contributed by atoms with van der Waals surface area (Å²) in [6, 6.07) is 4.28. The average Bonchev–Trinajstić information content (AvgIpc) is 2.35. The summed E-state index contributed by atoms with van der Waals surface area (Å²) < 4.78 is 10.6. The van der Waals surface area contributed by atoms with Gasteiger partial charge in [-0.05, 0) is 17.7 Å². The van der Waals surface area contributed by atoms with E-state index in [1.807, 2.05) is 6.92 Å². The maximum absolute atomic E-state index is 10.6. The van der Waals surface area contributed by atoms with Gasteiger partial charge >= 0.3 is 0 Å². The highest BCUT2D eigenvalue weighted by Crippen LogP contribution is 2.31. The molecule has 0 bridgehead atoms. The van der Waals surface area contributed by atoms with Crippen molar-refractivity contribution in [1.82, 2.24) is 0 Å². The first-order chi connectivity index (χ1) is 8.08. The van der Waals surface area contributed by atoms with E-state index in [0.29, 0.717) is 24.0 Å². The molecule has 1 rings (SSSR count). The van der Waals surface area contributed by atoms with E-state index in [2.05, 4.69) is 12.6 Å². The van der Waals surface area contributed by atoms with E-state index in [9.17, 15) is 10.1 Å². The first-order valence-corrected chi connectivity index (χ1v) is 5.77. The van der Waals surface area contributed by atoms with E-state index < -0.39 is 4.92 Å². The molecule has 1 unspecified atom stereocenters. The largest absolute Gasteiger partial charge is 0.493 e. The van der Waals surface area contributed by atoms with Crippen LogP contribution in [0, 0.1) is 16.0 Å². The third-order valence-corrected chi connectivity index (χ3v) is 2.82. The van der Waals surface area contributed by atoms with E-state index >= 15 is 0 Å². The van der Waals surface area contributed by atoms with Crippen molar-refractivity contribution in [1.29, 1.82) is 0 Å². The van der Waals surface area contributed by atoms with Crippen LogP contribution in [0.2, 0.25) is 0 Å². The number of hydrogen-bond donors (Lipinski definition) is 1. The molecule has 1 atom stereocenters. The molecule has 0 saturated carbocycles. The molecule has 1 aromatic rings. The second kappa shape index (κ2) is 6.34. The number of hydrogen-bond acceptors (Lipinski definition) is 5. The van der Waals surface area contributed by atoms with E-state index in [4.69, 9.17) is 9.47 Å². The Morgan fingerprint density at radius 2 is 2.18 bits per heavy atom. The molecule has 0 aliphatic rings. The molecule has 0 N–H and O–H groups in total. The number of thiol groups is 1. The van der Waals surface area contributed by atoms with Crippen molar-refractivity contribution in [2.24, 2.45) is 5.92 Å². The number of methoxy groups -OCH3 is 1. The van der Waals surface area contributed by atoms with Crippen LogP contribution in [-0.4, -0.2) is 24.4 Å². The molecule has 0 heterocycles. The predicted octanol–water partition coefficient (Wildman–Crippen LogP) is 2.55. The molecule has 0 aliphatic heterocycles. The molecule has 0 saturated heterocycles. The lowest BCUT2D eigenvalue weighted by atomic mass is 10.2. The minimum atomic E-state index is -0.470. The molecule has 0 radical (unpaired) electrons. The van der Waals surface area contributed by atoms with Gasteiger partial charge in [0.1, 0.15) is 0 Å². The van der Waals surface area contributed by atoms with Gasteiger partial charge in [-0.25, -0.2) is 0 Å².